The zero-order chi connectivity index (χ0) is 16.9. The number of rotatable bonds is 4. The fraction of sp³-hybridized carbons (Fsp3) is 0.158. The van der Waals surface area contributed by atoms with E-state index in [1.165, 1.54) is 0 Å². The van der Waals surface area contributed by atoms with Gasteiger partial charge in [0, 0.05) is 12.4 Å². The van der Waals surface area contributed by atoms with Crippen LogP contribution in [0.2, 0.25) is 0 Å². The average Bonchev–Trinajstić information content (AvgIpc) is 2.97. The van der Waals surface area contributed by atoms with E-state index in [0.717, 1.165) is 21.7 Å². The van der Waals surface area contributed by atoms with Gasteiger partial charge in [-0.3, -0.25) is 0 Å². The fourth-order valence-electron chi connectivity index (χ4n) is 2.34. The van der Waals surface area contributed by atoms with Gasteiger partial charge in [-0.25, -0.2) is 9.79 Å². The summed E-state index contributed by atoms with van der Waals surface area (Å²) in [5.41, 5.74) is 3.63. The number of thiazole rings is 1. The summed E-state index contributed by atoms with van der Waals surface area (Å²) in [6, 6.07) is 17.4. The Balaban J connectivity index is 1.90. The second-order valence-corrected chi connectivity index (χ2v) is 6.04. The molecule has 1 aromatic heterocycles. The van der Waals surface area contributed by atoms with E-state index < -0.39 is 0 Å². The molecule has 122 valence electrons. The lowest BCUT2D eigenvalue weighted by atomic mass is 10.2. The third-order valence-electron chi connectivity index (χ3n) is 3.60. The van der Waals surface area contributed by atoms with E-state index in [1.54, 1.807) is 30.4 Å². The number of carbonyl (C=O) groups is 1. The number of hydrogen-bond acceptors (Lipinski definition) is 4. The van der Waals surface area contributed by atoms with Gasteiger partial charge in [0.2, 0.25) is 0 Å². The highest BCUT2D eigenvalue weighted by Crippen LogP contribution is 2.19. The first kappa shape index (κ1) is 16.2. The minimum Gasteiger partial charge on any atom is -0.462 e. The fourth-order valence-corrected chi connectivity index (χ4v) is 3.26. The van der Waals surface area contributed by atoms with Crippen LogP contribution in [0.5, 0.6) is 0 Å². The third kappa shape index (κ3) is 3.46. The third-order valence-corrected chi connectivity index (χ3v) is 4.51. The van der Waals surface area contributed by atoms with E-state index in [-0.39, 0.29) is 5.97 Å². The Hall–Kier alpha value is -2.66. The summed E-state index contributed by atoms with van der Waals surface area (Å²) >= 11 is 1.59. The highest BCUT2D eigenvalue weighted by atomic mass is 32.1. The van der Waals surface area contributed by atoms with E-state index >= 15 is 0 Å². The number of carbonyl (C=O) groups excluding carboxylic acids is 1. The molecule has 1 heterocycles. The molecule has 3 rings (SSSR count). The van der Waals surface area contributed by atoms with Crippen LogP contribution in [0, 0.1) is 0 Å². The van der Waals surface area contributed by atoms with Gasteiger partial charge in [0.1, 0.15) is 0 Å². The lowest BCUT2D eigenvalue weighted by molar-refractivity contribution is 0.0526. The SMILES string of the molecule is CCOC(=O)c1ccc(N=c2scc(-c3ccccc3)n2C)cc1. The standard InChI is InChI=1S/C19H18N2O2S/c1-3-23-18(22)15-9-11-16(12-10-15)20-19-21(2)17(13-24-19)14-7-5-4-6-8-14/h4-13H,3H2,1-2H3. The molecular formula is C19H18N2O2S. The molecule has 0 atom stereocenters. The Bertz CT molecular complexity index is 893. The normalized spacial score (nSPS) is 11.5. The molecule has 0 fully saturated rings. The van der Waals surface area contributed by atoms with Crippen molar-refractivity contribution in [3.05, 3.63) is 70.3 Å². The zero-order valence-electron chi connectivity index (χ0n) is 13.6. The second kappa shape index (κ2) is 7.27. The molecule has 0 amide bonds. The maximum atomic E-state index is 11.7. The molecule has 2 aromatic carbocycles. The summed E-state index contributed by atoms with van der Waals surface area (Å²) in [5.74, 6) is -0.308. The first-order valence-electron chi connectivity index (χ1n) is 7.71. The molecule has 0 saturated carbocycles. The molecule has 0 spiro atoms. The summed E-state index contributed by atoms with van der Waals surface area (Å²) in [4.78, 5) is 17.2. The van der Waals surface area contributed by atoms with Crippen molar-refractivity contribution < 1.29 is 9.53 Å². The predicted octanol–water partition coefficient (Wildman–Crippen LogP) is 4.16. The van der Waals surface area contributed by atoms with Gasteiger partial charge in [0.15, 0.2) is 4.80 Å². The number of esters is 1. The van der Waals surface area contributed by atoms with Gasteiger partial charge in [-0.05, 0) is 36.8 Å². The molecule has 0 saturated heterocycles. The molecule has 24 heavy (non-hydrogen) atoms. The van der Waals surface area contributed by atoms with Crippen molar-refractivity contribution in [3.63, 3.8) is 0 Å². The van der Waals surface area contributed by atoms with Crippen molar-refractivity contribution in [2.75, 3.05) is 6.61 Å². The van der Waals surface area contributed by atoms with Crippen LogP contribution in [-0.4, -0.2) is 17.1 Å². The number of aromatic nitrogens is 1. The Labute approximate surface area is 144 Å². The summed E-state index contributed by atoms with van der Waals surface area (Å²) in [6.07, 6.45) is 0. The first-order chi connectivity index (χ1) is 11.7. The van der Waals surface area contributed by atoms with Crippen molar-refractivity contribution in [3.8, 4) is 11.3 Å². The van der Waals surface area contributed by atoms with Crippen LogP contribution in [0.1, 0.15) is 17.3 Å². The molecular weight excluding hydrogens is 320 g/mol. The van der Waals surface area contributed by atoms with Crippen LogP contribution >= 0.6 is 11.3 Å². The Kier molecular flexibility index (Phi) is 4.91. The molecule has 5 heteroatoms. The molecule has 0 aliphatic carbocycles. The molecule has 4 nitrogen and oxygen atoms in total. The molecule has 0 unspecified atom stereocenters. The second-order valence-electron chi connectivity index (χ2n) is 5.21. The number of benzene rings is 2. The summed E-state index contributed by atoms with van der Waals surface area (Å²) in [6.45, 7) is 2.17. The highest BCUT2D eigenvalue weighted by Gasteiger charge is 2.06. The molecule has 0 radical (unpaired) electrons. The van der Waals surface area contributed by atoms with Gasteiger partial charge in [-0.2, -0.15) is 0 Å². The largest absolute Gasteiger partial charge is 0.462 e. The first-order valence-corrected chi connectivity index (χ1v) is 8.59. The predicted molar refractivity (Wildman–Crippen MR) is 96.3 cm³/mol. The molecule has 0 aliphatic heterocycles. The summed E-state index contributed by atoms with van der Waals surface area (Å²) in [5, 5.41) is 2.10. The van der Waals surface area contributed by atoms with Crippen molar-refractivity contribution in [2.45, 2.75) is 6.92 Å². The maximum absolute atomic E-state index is 11.7. The smallest absolute Gasteiger partial charge is 0.338 e. The van der Waals surface area contributed by atoms with E-state index in [9.17, 15) is 4.79 Å². The quantitative estimate of drug-likeness (QED) is 0.670. The van der Waals surface area contributed by atoms with Gasteiger partial charge in [0.25, 0.3) is 0 Å². The van der Waals surface area contributed by atoms with Crippen molar-refractivity contribution in [2.24, 2.45) is 12.0 Å². The van der Waals surface area contributed by atoms with Crippen LogP contribution in [0.3, 0.4) is 0 Å². The van der Waals surface area contributed by atoms with Crippen LogP contribution < -0.4 is 4.80 Å². The van der Waals surface area contributed by atoms with Crippen molar-refractivity contribution in [1.82, 2.24) is 4.57 Å². The minimum atomic E-state index is -0.308. The lowest BCUT2D eigenvalue weighted by Crippen LogP contribution is -2.10. The number of hydrogen-bond donors (Lipinski definition) is 0. The Morgan fingerprint density at radius 1 is 1.12 bits per heavy atom. The minimum absolute atomic E-state index is 0.308. The van der Waals surface area contributed by atoms with Crippen LogP contribution in [0.15, 0.2) is 65.0 Å². The lowest BCUT2D eigenvalue weighted by Gasteiger charge is -2.03. The van der Waals surface area contributed by atoms with Crippen LogP contribution in [0.25, 0.3) is 11.3 Å². The maximum Gasteiger partial charge on any atom is 0.338 e. The zero-order valence-corrected chi connectivity index (χ0v) is 14.4. The van der Waals surface area contributed by atoms with Crippen LogP contribution in [0.4, 0.5) is 5.69 Å². The summed E-state index contributed by atoms with van der Waals surface area (Å²) in [7, 11) is 2.00. The van der Waals surface area contributed by atoms with Gasteiger partial charge < -0.3 is 9.30 Å². The molecule has 0 N–H and O–H groups in total. The molecule has 0 bridgehead atoms. The van der Waals surface area contributed by atoms with E-state index in [1.807, 2.05) is 37.4 Å². The van der Waals surface area contributed by atoms with E-state index in [0.29, 0.717) is 12.2 Å². The van der Waals surface area contributed by atoms with Gasteiger partial charge in [-0.1, -0.05) is 30.3 Å². The Morgan fingerprint density at radius 2 is 1.83 bits per heavy atom. The topological polar surface area (TPSA) is 43.6 Å². The van der Waals surface area contributed by atoms with Gasteiger partial charge in [0.05, 0.1) is 23.6 Å². The Morgan fingerprint density at radius 3 is 2.50 bits per heavy atom. The summed E-state index contributed by atoms with van der Waals surface area (Å²) < 4.78 is 7.05. The van der Waals surface area contributed by atoms with Gasteiger partial charge >= 0.3 is 5.97 Å². The van der Waals surface area contributed by atoms with Crippen molar-refractivity contribution >= 4 is 23.0 Å². The average molecular weight is 338 g/mol. The van der Waals surface area contributed by atoms with Gasteiger partial charge in [-0.15, -0.1) is 11.3 Å². The monoisotopic (exact) mass is 338 g/mol. The molecule has 0 aliphatic rings. The highest BCUT2D eigenvalue weighted by molar-refractivity contribution is 7.07. The van der Waals surface area contributed by atoms with E-state index in [2.05, 4.69) is 27.1 Å². The van der Waals surface area contributed by atoms with E-state index in [4.69, 9.17) is 4.74 Å². The number of ether oxygens (including phenoxy) is 1. The van der Waals surface area contributed by atoms with Crippen LogP contribution in [-0.2, 0) is 11.8 Å². The number of nitrogens with zero attached hydrogens (tertiary/aromatic N) is 2. The van der Waals surface area contributed by atoms with Crippen molar-refractivity contribution in [1.29, 1.82) is 0 Å². The molecule has 3 aromatic rings.